The summed E-state index contributed by atoms with van der Waals surface area (Å²) in [6, 6.07) is 0. The molecule has 0 spiro atoms. The second kappa shape index (κ2) is 7.39. The molecule has 3 rings (SSSR count). The minimum absolute atomic E-state index is 0.0233. The van der Waals surface area contributed by atoms with Crippen molar-refractivity contribution in [2.75, 3.05) is 59.0 Å². The van der Waals surface area contributed by atoms with E-state index in [0.717, 1.165) is 23.5 Å². The van der Waals surface area contributed by atoms with E-state index in [2.05, 4.69) is 19.9 Å². The van der Waals surface area contributed by atoms with Crippen LogP contribution in [0.4, 0.5) is 5.82 Å². The maximum atomic E-state index is 9.54. The molecular weight excluding hydrogens is 312 g/mol. The van der Waals surface area contributed by atoms with Crippen LogP contribution in [0.5, 0.6) is 0 Å². The van der Waals surface area contributed by atoms with E-state index < -0.39 is 0 Å². The van der Waals surface area contributed by atoms with E-state index in [1.807, 2.05) is 23.6 Å². The fourth-order valence-corrected chi connectivity index (χ4v) is 2.93. The van der Waals surface area contributed by atoms with Crippen molar-refractivity contribution in [1.29, 1.82) is 0 Å². The number of nitrogens with zero attached hydrogens (tertiary/aromatic N) is 6. The number of aliphatic hydroxyl groups is 1. The van der Waals surface area contributed by atoms with Crippen molar-refractivity contribution in [3.05, 3.63) is 12.7 Å². The molecule has 0 aliphatic carbocycles. The van der Waals surface area contributed by atoms with Gasteiger partial charge in [-0.05, 0) is 0 Å². The first-order valence-electron chi connectivity index (χ1n) is 7.96. The zero-order valence-electron chi connectivity index (χ0n) is 14.3. The molecule has 0 radical (unpaired) electrons. The molecule has 2 aromatic rings. The second-order valence-corrected chi connectivity index (χ2v) is 6.06. The van der Waals surface area contributed by atoms with Crippen molar-refractivity contribution in [3.63, 3.8) is 0 Å². The Morgan fingerprint density at radius 3 is 2.88 bits per heavy atom. The van der Waals surface area contributed by atoms with Gasteiger partial charge < -0.3 is 19.5 Å². The molecule has 0 unspecified atom stereocenters. The highest BCUT2D eigenvalue weighted by Crippen LogP contribution is 2.26. The van der Waals surface area contributed by atoms with Crippen molar-refractivity contribution in [2.45, 2.75) is 12.3 Å². The Hall–Kier alpha value is -1.81. The van der Waals surface area contributed by atoms with Gasteiger partial charge in [0.25, 0.3) is 0 Å². The van der Waals surface area contributed by atoms with Gasteiger partial charge in [-0.1, -0.05) is 0 Å². The molecule has 3 heterocycles. The van der Waals surface area contributed by atoms with Crippen molar-refractivity contribution in [3.8, 4) is 0 Å². The summed E-state index contributed by atoms with van der Waals surface area (Å²) >= 11 is 0. The predicted molar refractivity (Wildman–Crippen MR) is 89.0 cm³/mol. The molecular formula is C15H24N6O3. The number of hydrogen-bond acceptors (Lipinski definition) is 8. The lowest BCUT2D eigenvalue weighted by Crippen LogP contribution is -2.48. The average molecular weight is 336 g/mol. The molecule has 9 nitrogen and oxygen atoms in total. The molecule has 2 atom stereocenters. The second-order valence-electron chi connectivity index (χ2n) is 6.06. The van der Waals surface area contributed by atoms with Gasteiger partial charge >= 0.3 is 0 Å². The first-order valence-corrected chi connectivity index (χ1v) is 7.96. The average Bonchev–Trinajstić information content (AvgIpc) is 3.03. The van der Waals surface area contributed by atoms with Crippen LogP contribution in [-0.2, 0) is 9.47 Å². The van der Waals surface area contributed by atoms with Crippen molar-refractivity contribution >= 4 is 17.0 Å². The van der Waals surface area contributed by atoms with Crippen LogP contribution in [0.3, 0.4) is 0 Å². The van der Waals surface area contributed by atoms with Gasteiger partial charge in [-0.25, -0.2) is 15.0 Å². The summed E-state index contributed by atoms with van der Waals surface area (Å²) in [7, 11) is 5.53. The number of morpholine rings is 1. The first kappa shape index (κ1) is 17.0. The van der Waals surface area contributed by atoms with Crippen LogP contribution in [0.1, 0.15) is 6.23 Å². The SMILES string of the molecule is COCCN1C[C@@H](CO)O[C@@H](n2cnc3c(N(C)C)ncnc32)C1. The van der Waals surface area contributed by atoms with Gasteiger partial charge in [-0.15, -0.1) is 0 Å². The maximum Gasteiger partial charge on any atom is 0.167 e. The maximum absolute atomic E-state index is 9.54. The largest absolute Gasteiger partial charge is 0.394 e. The lowest BCUT2D eigenvalue weighted by atomic mass is 10.2. The van der Waals surface area contributed by atoms with E-state index >= 15 is 0 Å². The van der Waals surface area contributed by atoms with Gasteiger partial charge in [0, 0.05) is 40.8 Å². The molecule has 0 amide bonds. The van der Waals surface area contributed by atoms with Crippen LogP contribution in [-0.4, -0.2) is 89.7 Å². The molecule has 132 valence electrons. The Morgan fingerprint density at radius 1 is 1.33 bits per heavy atom. The van der Waals surface area contributed by atoms with Gasteiger partial charge in [0.05, 0.1) is 25.6 Å². The predicted octanol–water partition coefficient (Wildman–Crippen LogP) is -0.270. The van der Waals surface area contributed by atoms with Crippen LogP contribution in [0, 0.1) is 0 Å². The summed E-state index contributed by atoms with van der Waals surface area (Å²) in [5.74, 6) is 0.768. The summed E-state index contributed by atoms with van der Waals surface area (Å²) in [6.45, 7) is 2.78. The fraction of sp³-hybridized carbons (Fsp3) is 0.667. The van der Waals surface area contributed by atoms with E-state index in [1.54, 1.807) is 13.4 Å². The highest BCUT2D eigenvalue weighted by molar-refractivity contribution is 5.83. The number of anilines is 1. The van der Waals surface area contributed by atoms with E-state index in [0.29, 0.717) is 19.7 Å². The monoisotopic (exact) mass is 336 g/mol. The number of rotatable bonds is 6. The van der Waals surface area contributed by atoms with E-state index in [1.165, 1.54) is 6.33 Å². The normalized spacial score (nSPS) is 22.2. The number of aromatic nitrogens is 4. The molecule has 0 bridgehead atoms. The van der Waals surface area contributed by atoms with Crippen molar-refractivity contribution in [1.82, 2.24) is 24.4 Å². The number of ether oxygens (including phenoxy) is 2. The molecule has 1 saturated heterocycles. The number of hydrogen-bond donors (Lipinski definition) is 1. The lowest BCUT2D eigenvalue weighted by molar-refractivity contribution is -0.135. The minimum Gasteiger partial charge on any atom is -0.394 e. The molecule has 9 heteroatoms. The Bertz CT molecular complexity index is 676. The van der Waals surface area contributed by atoms with Gasteiger partial charge in [-0.3, -0.25) is 9.47 Å². The molecule has 1 aliphatic heterocycles. The van der Waals surface area contributed by atoms with Crippen LogP contribution >= 0.6 is 0 Å². The van der Waals surface area contributed by atoms with Crippen molar-refractivity contribution in [2.24, 2.45) is 0 Å². The quantitative estimate of drug-likeness (QED) is 0.771. The molecule has 1 aliphatic rings. The van der Waals surface area contributed by atoms with Crippen LogP contribution < -0.4 is 4.90 Å². The Kier molecular flexibility index (Phi) is 5.24. The summed E-state index contributed by atoms with van der Waals surface area (Å²) < 4.78 is 13.1. The van der Waals surface area contributed by atoms with E-state index in [-0.39, 0.29) is 18.9 Å². The summed E-state index contributed by atoms with van der Waals surface area (Å²) in [6.07, 6.45) is 2.76. The summed E-state index contributed by atoms with van der Waals surface area (Å²) in [4.78, 5) is 17.2. The molecule has 24 heavy (non-hydrogen) atoms. The molecule has 2 aromatic heterocycles. The van der Waals surface area contributed by atoms with E-state index in [4.69, 9.17) is 9.47 Å². The highest BCUT2D eigenvalue weighted by Gasteiger charge is 2.29. The summed E-state index contributed by atoms with van der Waals surface area (Å²) in [5.41, 5.74) is 1.46. The standard InChI is InChI=1S/C15H24N6O3/c1-19(2)14-13-15(17-9-16-14)21(10-18-13)12-7-20(4-5-23-3)6-11(8-22)24-12/h9-12,22H,4-8H2,1-3H3/t11-,12+/m0/s1. The van der Waals surface area contributed by atoms with Gasteiger partial charge in [-0.2, -0.15) is 0 Å². The molecule has 1 fully saturated rings. The Morgan fingerprint density at radius 2 is 2.17 bits per heavy atom. The fourth-order valence-electron chi connectivity index (χ4n) is 2.93. The topological polar surface area (TPSA) is 88.8 Å². The number of aliphatic hydroxyl groups excluding tert-OH is 1. The zero-order chi connectivity index (χ0) is 17.1. The van der Waals surface area contributed by atoms with Crippen LogP contribution in [0.15, 0.2) is 12.7 Å². The third kappa shape index (κ3) is 3.34. The third-order valence-corrected chi connectivity index (χ3v) is 4.11. The summed E-state index contributed by atoms with van der Waals surface area (Å²) in [5, 5.41) is 9.54. The van der Waals surface area contributed by atoms with Crippen LogP contribution in [0.25, 0.3) is 11.2 Å². The molecule has 1 N–H and O–H groups in total. The number of imidazole rings is 1. The Balaban J connectivity index is 1.89. The van der Waals surface area contributed by atoms with Gasteiger partial charge in [0.2, 0.25) is 0 Å². The van der Waals surface area contributed by atoms with Gasteiger partial charge in [0.1, 0.15) is 12.6 Å². The highest BCUT2D eigenvalue weighted by atomic mass is 16.5. The van der Waals surface area contributed by atoms with Crippen molar-refractivity contribution < 1.29 is 14.6 Å². The lowest BCUT2D eigenvalue weighted by Gasteiger charge is -2.37. The van der Waals surface area contributed by atoms with Gasteiger partial charge in [0.15, 0.2) is 17.0 Å². The first-order chi connectivity index (χ1) is 11.6. The Labute approximate surface area is 140 Å². The molecule has 0 aromatic carbocycles. The minimum atomic E-state index is -0.261. The smallest absolute Gasteiger partial charge is 0.167 e. The molecule has 0 saturated carbocycles. The van der Waals surface area contributed by atoms with E-state index in [9.17, 15) is 5.11 Å². The van der Waals surface area contributed by atoms with Crippen LogP contribution in [0.2, 0.25) is 0 Å². The number of fused-ring (bicyclic) bond motifs is 1. The number of methoxy groups -OCH3 is 1. The third-order valence-electron chi connectivity index (χ3n) is 4.11. The zero-order valence-corrected chi connectivity index (χ0v) is 14.3.